The van der Waals surface area contributed by atoms with Gasteiger partial charge in [-0.3, -0.25) is 0 Å². The van der Waals surface area contributed by atoms with Crippen LogP contribution in [0.5, 0.6) is 0 Å². The Balaban J connectivity index is 1.59. The Bertz CT molecular complexity index is 1900. The molecule has 8 nitrogen and oxygen atoms in total. The maximum absolute atomic E-state index is 12.7. The molecule has 0 amide bonds. The summed E-state index contributed by atoms with van der Waals surface area (Å²) in [5.41, 5.74) is 5.25. The fourth-order valence-corrected chi connectivity index (χ4v) is 7.02. The van der Waals surface area contributed by atoms with E-state index in [1.54, 1.807) is 42.5 Å². The lowest BCUT2D eigenvalue weighted by Crippen LogP contribution is -2.36. The second kappa shape index (κ2) is 8.13. The van der Waals surface area contributed by atoms with Crippen LogP contribution in [0.2, 0.25) is 0 Å². The Kier molecular flexibility index (Phi) is 4.85. The molecule has 8 heteroatoms. The van der Waals surface area contributed by atoms with E-state index in [1.165, 1.54) is 18.2 Å². The first-order chi connectivity index (χ1) is 19.1. The minimum absolute atomic E-state index is 0.0883. The highest BCUT2D eigenvalue weighted by Crippen LogP contribution is 2.62. The standard InChI is InChI=1S/C32H20O8/c33-29(34)14-2-1-13-8-23-20(11-17(13)7-14)24-12-25(32(39)40)28(23)27-19-6-4-15(30(35)36)9-21(19)26(24)18-5-3-16(31(37)38)10-22(18)27/h1-12,24,26-28H,(H,33,34)(H,35,36)(H,37,38)(H,39,40). The van der Waals surface area contributed by atoms with Crippen molar-refractivity contribution < 1.29 is 39.6 Å². The van der Waals surface area contributed by atoms with Gasteiger partial charge in [-0.15, -0.1) is 0 Å². The predicted octanol–water partition coefficient (Wildman–Crippen LogP) is 5.42. The summed E-state index contributed by atoms with van der Waals surface area (Å²) in [6, 6.07) is 18.4. The summed E-state index contributed by atoms with van der Waals surface area (Å²) >= 11 is 0. The van der Waals surface area contributed by atoms with Gasteiger partial charge in [0.15, 0.2) is 0 Å². The molecule has 4 atom stereocenters. The van der Waals surface area contributed by atoms with Crippen molar-refractivity contribution in [3.63, 3.8) is 0 Å². The summed E-state index contributed by atoms with van der Waals surface area (Å²) in [4.78, 5) is 48.3. The van der Waals surface area contributed by atoms with Gasteiger partial charge in [0.2, 0.25) is 0 Å². The van der Waals surface area contributed by atoms with Gasteiger partial charge in [0.05, 0.1) is 16.7 Å². The maximum Gasteiger partial charge on any atom is 0.335 e. The van der Waals surface area contributed by atoms with Crippen molar-refractivity contribution >= 4 is 34.6 Å². The molecule has 4 N–H and O–H groups in total. The second-order valence-corrected chi connectivity index (χ2v) is 10.5. The molecule has 4 aromatic carbocycles. The van der Waals surface area contributed by atoms with E-state index in [9.17, 15) is 39.6 Å². The van der Waals surface area contributed by atoms with Crippen LogP contribution in [0.25, 0.3) is 10.8 Å². The van der Waals surface area contributed by atoms with Gasteiger partial charge in [0, 0.05) is 29.2 Å². The highest BCUT2D eigenvalue weighted by atomic mass is 16.4. The van der Waals surface area contributed by atoms with Crippen LogP contribution in [0, 0.1) is 0 Å². The molecule has 0 saturated heterocycles. The third-order valence-corrected chi connectivity index (χ3v) is 8.62. The topological polar surface area (TPSA) is 149 Å². The first kappa shape index (κ1) is 23.8. The molecule has 4 bridgehead atoms. The monoisotopic (exact) mass is 532 g/mol. The van der Waals surface area contributed by atoms with E-state index in [0.717, 1.165) is 33.2 Å². The Labute approximate surface area is 226 Å². The first-order valence-electron chi connectivity index (χ1n) is 12.6. The number of carboxylic acid groups (broad SMARTS) is 4. The lowest BCUT2D eigenvalue weighted by Gasteiger charge is -2.48. The molecule has 0 heterocycles. The van der Waals surface area contributed by atoms with Crippen molar-refractivity contribution in [2.45, 2.75) is 23.7 Å². The molecule has 40 heavy (non-hydrogen) atoms. The highest BCUT2D eigenvalue weighted by Gasteiger charge is 2.49. The van der Waals surface area contributed by atoms with E-state index < -0.39 is 47.5 Å². The zero-order valence-electron chi connectivity index (χ0n) is 20.7. The van der Waals surface area contributed by atoms with Crippen molar-refractivity contribution in [2.24, 2.45) is 0 Å². The lowest BCUT2D eigenvalue weighted by molar-refractivity contribution is -0.133. The zero-order valence-corrected chi connectivity index (χ0v) is 20.7. The third-order valence-electron chi connectivity index (χ3n) is 8.62. The number of hydrogen-bond donors (Lipinski definition) is 4. The number of rotatable bonds is 4. The smallest absolute Gasteiger partial charge is 0.335 e. The van der Waals surface area contributed by atoms with Crippen molar-refractivity contribution in [3.8, 4) is 0 Å². The molecular formula is C32H20O8. The highest BCUT2D eigenvalue weighted by molar-refractivity contribution is 5.97. The number of aromatic carboxylic acids is 3. The molecule has 4 aromatic rings. The number of allylic oxidation sites excluding steroid dienone is 1. The summed E-state index contributed by atoms with van der Waals surface area (Å²) in [5.74, 6) is -6.59. The fraction of sp³-hybridized carbons (Fsp3) is 0.125. The largest absolute Gasteiger partial charge is 0.478 e. The van der Waals surface area contributed by atoms with Crippen LogP contribution in [0.4, 0.5) is 0 Å². The number of hydrogen-bond acceptors (Lipinski definition) is 4. The van der Waals surface area contributed by atoms with Gasteiger partial charge in [-0.05, 0) is 80.6 Å². The molecule has 4 unspecified atom stereocenters. The molecule has 0 saturated carbocycles. The maximum atomic E-state index is 12.7. The average Bonchev–Trinajstić information content (AvgIpc) is 2.91. The SMILES string of the molecule is O=C(O)C1=CC2c3cc4cc(C(=O)O)ccc4cc3C1C1c3ccc(C(=O)O)cc3C2c2ccc(C(=O)O)cc21. The van der Waals surface area contributed by atoms with Crippen molar-refractivity contribution in [2.75, 3.05) is 0 Å². The molecule has 0 fully saturated rings. The van der Waals surface area contributed by atoms with Gasteiger partial charge < -0.3 is 20.4 Å². The Morgan fingerprint density at radius 1 is 0.450 bits per heavy atom. The molecule has 0 radical (unpaired) electrons. The Hall–Kier alpha value is -5.24. The predicted molar refractivity (Wildman–Crippen MR) is 143 cm³/mol. The quantitative estimate of drug-likeness (QED) is 0.272. The van der Waals surface area contributed by atoms with Crippen molar-refractivity contribution in [1.82, 2.24) is 0 Å². The zero-order chi connectivity index (χ0) is 28.0. The summed E-state index contributed by atoms with van der Waals surface area (Å²) in [6.07, 6.45) is 1.74. The van der Waals surface area contributed by atoms with Crippen LogP contribution in [0.15, 0.2) is 78.4 Å². The van der Waals surface area contributed by atoms with E-state index in [1.807, 2.05) is 12.1 Å². The van der Waals surface area contributed by atoms with Crippen LogP contribution in [0.3, 0.4) is 0 Å². The van der Waals surface area contributed by atoms with E-state index >= 15 is 0 Å². The van der Waals surface area contributed by atoms with Gasteiger partial charge in [0.1, 0.15) is 0 Å². The normalized spacial score (nSPS) is 21.4. The third kappa shape index (κ3) is 3.19. The van der Waals surface area contributed by atoms with Crippen LogP contribution in [-0.2, 0) is 4.79 Å². The van der Waals surface area contributed by atoms with Crippen molar-refractivity contribution in [3.05, 3.63) is 128 Å². The molecule has 4 aliphatic carbocycles. The molecule has 0 aromatic heterocycles. The van der Waals surface area contributed by atoms with E-state index in [-0.39, 0.29) is 22.3 Å². The molecule has 8 rings (SSSR count). The van der Waals surface area contributed by atoms with Gasteiger partial charge in [-0.1, -0.05) is 36.4 Å². The van der Waals surface area contributed by atoms with Crippen LogP contribution >= 0.6 is 0 Å². The Morgan fingerprint density at radius 3 is 1.55 bits per heavy atom. The van der Waals surface area contributed by atoms with Gasteiger partial charge >= 0.3 is 23.9 Å². The minimum Gasteiger partial charge on any atom is -0.478 e. The summed E-state index contributed by atoms with van der Waals surface area (Å²) < 4.78 is 0. The lowest BCUT2D eigenvalue weighted by atomic mass is 9.54. The van der Waals surface area contributed by atoms with Gasteiger partial charge in [-0.25, -0.2) is 19.2 Å². The van der Waals surface area contributed by atoms with E-state index in [0.29, 0.717) is 10.9 Å². The number of carboxylic acids is 4. The summed E-state index contributed by atoms with van der Waals surface area (Å²) in [7, 11) is 0. The molecular weight excluding hydrogens is 512 g/mol. The molecule has 0 aliphatic heterocycles. The van der Waals surface area contributed by atoms with Gasteiger partial charge in [0.25, 0.3) is 0 Å². The number of fused-ring (bicyclic) bond motifs is 1. The average molecular weight is 533 g/mol. The molecule has 4 aliphatic rings. The number of aliphatic carboxylic acids is 1. The summed E-state index contributed by atoms with van der Waals surface area (Å²) in [5, 5.41) is 40.9. The van der Waals surface area contributed by atoms with Crippen molar-refractivity contribution in [1.29, 1.82) is 0 Å². The summed E-state index contributed by atoms with van der Waals surface area (Å²) in [6.45, 7) is 0. The van der Waals surface area contributed by atoms with E-state index in [2.05, 4.69) is 0 Å². The van der Waals surface area contributed by atoms with Crippen LogP contribution in [-0.4, -0.2) is 44.3 Å². The first-order valence-corrected chi connectivity index (χ1v) is 12.6. The van der Waals surface area contributed by atoms with Crippen LogP contribution < -0.4 is 0 Å². The van der Waals surface area contributed by atoms with E-state index in [4.69, 9.17) is 0 Å². The molecule has 196 valence electrons. The number of benzene rings is 4. The molecule has 0 spiro atoms. The second-order valence-electron chi connectivity index (χ2n) is 10.5. The number of carbonyl (C=O) groups is 4. The van der Waals surface area contributed by atoms with Gasteiger partial charge in [-0.2, -0.15) is 0 Å². The minimum atomic E-state index is -1.10. The fourth-order valence-electron chi connectivity index (χ4n) is 7.02. The van der Waals surface area contributed by atoms with Crippen LogP contribution in [0.1, 0.15) is 88.1 Å². The Morgan fingerprint density at radius 2 is 0.950 bits per heavy atom.